The second-order valence-corrected chi connectivity index (χ2v) is 4.43. The number of benzene rings is 1. The normalized spacial score (nSPS) is 12.2. The second kappa shape index (κ2) is 6.40. The summed E-state index contributed by atoms with van der Waals surface area (Å²) < 4.78 is 5.12. The Morgan fingerprint density at radius 3 is 2.41 bits per heavy atom. The summed E-state index contributed by atoms with van der Waals surface area (Å²) in [5.41, 5.74) is 0.743. The fourth-order valence-corrected chi connectivity index (χ4v) is 1.60. The predicted octanol–water partition coefficient (Wildman–Crippen LogP) is 2.96. The number of hydrogen-bond acceptors (Lipinski definition) is 3. The van der Waals surface area contributed by atoms with E-state index in [0.717, 1.165) is 11.8 Å². The average Bonchev–Trinajstić information content (AvgIpc) is 2.26. The van der Waals surface area contributed by atoms with E-state index in [1.54, 1.807) is 38.1 Å². The third kappa shape index (κ3) is 4.19. The van der Waals surface area contributed by atoms with Crippen molar-refractivity contribution in [1.29, 1.82) is 0 Å². The largest absolute Gasteiger partial charge is 0.462 e. The van der Waals surface area contributed by atoms with Crippen molar-refractivity contribution in [3.05, 3.63) is 34.9 Å². The van der Waals surface area contributed by atoms with Crippen LogP contribution >= 0.6 is 11.6 Å². The molecule has 1 aromatic rings. The third-order valence-corrected chi connectivity index (χ3v) is 2.49. The van der Waals surface area contributed by atoms with E-state index in [1.807, 2.05) is 0 Å². The molecule has 0 saturated heterocycles. The highest BCUT2D eigenvalue weighted by molar-refractivity contribution is 6.30. The van der Waals surface area contributed by atoms with Gasteiger partial charge in [0.15, 0.2) is 0 Å². The topological polar surface area (TPSA) is 43.4 Å². The van der Waals surface area contributed by atoms with Crippen LogP contribution in [0.5, 0.6) is 0 Å². The van der Waals surface area contributed by atoms with Gasteiger partial charge in [-0.15, -0.1) is 0 Å². The minimum Gasteiger partial charge on any atom is -0.462 e. The van der Waals surface area contributed by atoms with Crippen LogP contribution in [0.2, 0.25) is 5.02 Å². The fourth-order valence-electron chi connectivity index (χ4n) is 1.47. The highest BCUT2D eigenvalue weighted by Gasteiger charge is 2.22. The Labute approximate surface area is 106 Å². The van der Waals surface area contributed by atoms with E-state index in [1.165, 1.54) is 0 Å². The van der Waals surface area contributed by atoms with Gasteiger partial charge in [-0.2, -0.15) is 0 Å². The smallest absolute Gasteiger partial charge is 0.314 e. The summed E-state index contributed by atoms with van der Waals surface area (Å²) in [6, 6.07) is 6.85. The molecule has 0 fully saturated rings. The van der Waals surface area contributed by atoms with Crippen LogP contribution < -0.4 is 0 Å². The number of carbonyl (C=O) groups excluding carboxylic acids is 2. The van der Waals surface area contributed by atoms with E-state index in [-0.39, 0.29) is 18.5 Å². The average molecular weight is 255 g/mol. The Kier molecular flexibility index (Phi) is 5.16. The molecule has 1 aromatic carbocycles. The molecular formula is C13H15ClO3. The summed E-state index contributed by atoms with van der Waals surface area (Å²) in [6.45, 7) is 3.55. The van der Waals surface area contributed by atoms with Gasteiger partial charge >= 0.3 is 5.97 Å². The van der Waals surface area contributed by atoms with Gasteiger partial charge in [0.2, 0.25) is 0 Å². The molecule has 0 N–H and O–H groups in total. The minimum atomic E-state index is -0.549. The summed E-state index contributed by atoms with van der Waals surface area (Å²) in [4.78, 5) is 22.4. The van der Waals surface area contributed by atoms with Crippen LogP contribution in [0.4, 0.5) is 0 Å². The van der Waals surface area contributed by atoms with Gasteiger partial charge in [-0.1, -0.05) is 23.7 Å². The van der Waals surface area contributed by atoms with Crippen LogP contribution in [0.3, 0.4) is 0 Å². The second-order valence-electron chi connectivity index (χ2n) is 3.99. The summed E-state index contributed by atoms with van der Waals surface area (Å²) in [7, 11) is 0. The van der Waals surface area contributed by atoms with Crippen molar-refractivity contribution < 1.29 is 14.3 Å². The van der Waals surface area contributed by atoms with Gasteiger partial charge in [0.1, 0.15) is 6.29 Å². The van der Waals surface area contributed by atoms with Gasteiger partial charge in [0.05, 0.1) is 12.0 Å². The van der Waals surface area contributed by atoms with Crippen molar-refractivity contribution in [2.24, 2.45) is 0 Å². The molecule has 0 amide bonds. The zero-order chi connectivity index (χ0) is 12.8. The standard InChI is InChI=1S/C13H15ClO3/c1-9(2)17-13(16)12(7-8-15)10-3-5-11(14)6-4-10/h3-6,8-9,12H,7H2,1-2H3. The maximum Gasteiger partial charge on any atom is 0.314 e. The Morgan fingerprint density at radius 1 is 1.35 bits per heavy atom. The summed E-state index contributed by atoms with van der Waals surface area (Å²) in [6.07, 6.45) is 0.651. The van der Waals surface area contributed by atoms with Crippen molar-refractivity contribution in [1.82, 2.24) is 0 Å². The van der Waals surface area contributed by atoms with Crippen LogP contribution in [0.15, 0.2) is 24.3 Å². The highest BCUT2D eigenvalue weighted by Crippen LogP contribution is 2.22. The van der Waals surface area contributed by atoms with Crippen LogP contribution in [-0.2, 0) is 14.3 Å². The minimum absolute atomic E-state index is 0.118. The molecule has 0 heterocycles. The number of ether oxygens (including phenoxy) is 1. The van der Waals surface area contributed by atoms with Crippen molar-refractivity contribution in [3.63, 3.8) is 0 Å². The molecule has 0 aliphatic heterocycles. The summed E-state index contributed by atoms with van der Waals surface area (Å²) in [5, 5.41) is 0.593. The zero-order valence-corrected chi connectivity index (χ0v) is 10.6. The van der Waals surface area contributed by atoms with Gasteiger partial charge in [0.25, 0.3) is 0 Å². The molecule has 1 rings (SSSR count). The molecule has 0 radical (unpaired) electrons. The van der Waals surface area contributed by atoms with Crippen LogP contribution in [0.1, 0.15) is 31.7 Å². The van der Waals surface area contributed by atoms with Crippen LogP contribution in [-0.4, -0.2) is 18.4 Å². The van der Waals surface area contributed by atoms with E-state index in [0.29, 0.717) is 5.02 Å². The zero-order valence-electron chi connectivity index (χ0n) is 9.85. The molecule has 1 unspecified atom stereocenters. The van der Waals surface area contributed by atoms with Crippen molar-refractivity contribution in [3.8, 4) is 0 Å². The lowest BCUT2D eigenvalue weighted by Gasteiger charge is -2.16. The Bertz CT molecular complexity index is 384. The quantitative estimate of drug-likeness (QED) is 0.599. The maximum atomic E-state index is 11.8. The Balaban J connectivity index is 2.88. The number of hydrogen-bond donors (Lipinski definition) is 0. The van der Waals surface area contributed by atoms with E-state index < -0.39 is 5.92 Å². The van der Waals surface area contributed by atoms with Gasteiger partial charge in [0, 0.05) is 11.4 Å². The lowest BCUT2D eigenvalue weighted by atomic mass is 9.96. The highest BCUT2D eigenvalue weighted by atomic mass is 35.5. The van der Waals surface area contributed by atoms with Crippen molar-refractivity contribution >= 4 is 23.9 Å². The first-order chi connectivity index (χ1) is 8.04. The lowest BCUT2D eigenvalue weighted by molar-refractivity contribution is -0.149. The molecule has 92 valence electrons. The van der Waals surface area contributed by atoms with E-state index in [9.17, 15) is 9.59 Å². The lowest BCUT2D eigenvalue weighted by Crippen LogP contribution is -2.20. The molecule has 4 heteroatoms. The number of esters is 1. The summed E-state index contributed by atoms with van der Waals surface area (Å²) >= 11 is 5.77. The molecule has 3 nitrogen and oxygen atoms in total. The molecule has 1 atom stereocenters. The number of halogens is 1. The third-order valence-electron chi connectivity index (χ3n) is 2.24. The monoisotopic (exact) mass is 254 g/mol. The van der Waals surface area contributed by atoms with Crippen LogP contribution in [0, 0.1) is 0 Å². The van der Waals surface area contributed by atoms with Crippen LogP contribution in [0.25, 0.3) is 0 Å². The first-order valence-corrected chi connectivity index (χ1v) is 5.82. The molecular weight excluding hydrogens is 240 g/mol. The van der Waals surface area contributed by atoms with E-state index in [4.69, 9.17) is 16.3 Å². The van der Waals surface area contributed by atoms with Crippen molar-refractivity contribution in [2.45, 2.75) is 32.3 Å². The SMILES string of the molecule is CC(C)OC(=O)C(CC=O)c1ccc(Cl)cc1. The molecule has 0 bridgehead atoms. The number of carbonyl (C=O) groups is 2. The Morgan fingerprint density at radius 2 is 1.94 bits per heavy atom. The van der Waals surface area contributed by atoms with E-state index >= 15 is 0 Å². The van der Waals surface area contributed by atoms with E-state index in [2.05, 4.69) is 0 Å². The first kappa shape index (κ1) is 13.7. The first-order valence-electron chi connectivity index (χ1n) is 5.44. The van der Waals surface area contributed by atoms with Gasteiger partial charge in [-0.05, 0) is 31.5 Å². The Hall–Kier alpha value is -1.35. The number of rotatable bonds is 5. The van der Waals surface area contributed by atoms with Crippen molar-refractivity contribution in [2.75, 3.05) is 0 Å². The maximum absolute atomic E-state index is 11.8. The van der Waals surface area contributed by atoms with Gasteiger partial charge < -0.3 is 9.53 Å². The molecule has 0 aliphatic rings. The molecule has 0 aromatic heterocycles. The predicted molar refractivity (Wildman–Crippen MR) is 66.1 cm³/mol. The van der Waals surface area contributed by atoms with Gasteiger partial charge in [-0.3, -0.25) is 4.79 Å². The molecule has 17 heavy (non-hydrogen) atoms. The summed E-state index contributed by atoms with van der Waals surface area (Å²) in [5.74, 6) is -0.929. The fraction of sp³-hybridized carbons (Fsp3) is 0.385. The van der Waals surface area contributed by atoms with Gasteiger partial charge in [-0.25, -0.2) is 0 Å². The molecule has 0 saturated carbocycles. The number of aldehydes is 1. The molecule has 0 spiro atoms. The molecule has 0 aliphatic carbocycles.